The molecule has 2 aromatic heterocycles. The van der Waals surface area contributed by atoms with Crippen molar-refractivity contribution in [2.24, 2.45) is 11.7 Å². The van der Waals surface area contributed by atoms with Gasteiger partial charge in [-0.25, -0.2) is 0 Å². The number of nitrogens with one attached hydrogen (secondary N) is 1. The van der Waals surface area contributed by atoms with E-state index in [-0.39, 0.29) is 22.2 Å². The summed E-state index contributed by atoms with van der Waals surface area (Å²) >= 11 is 0.783. The predicted octanol–water partition coefficient (Wildman–Crippen LogP) is 4.49. The van der Waals surface area contributed by atoms with Crippen LogP contribution in [0.25, 0.3) is 10.9 Å². The van der Waals surface area contributed by atoms with Crippen LogP contribution >= 0.6 is 11.5 Å². The lowest BCUT2D eigenvalue weighted by Crippen LogP contribution is -2.44. The highest BCUT2D eigenvalue weighted by Crippen LogP contribution is 2.34. The minimum Gasteiger partial charge on any atom is -0.395 e. The van der Waals surface area contributed by atoms with E-state index in [2.05, 4.69) is 28.5 Å². The zero-order valence-corrected chi connectivity index (χ0v) is 23.0. The molecule has 4 rings (SSSR count). The molecule has 0 bridgehead atoms. The van der Waals surface area contributed by atoms with Gasteiger partial charge in [0.1, 0.15) is 10.9 Å². The maximum atomic E-state index is 14.2. The average molecular weight is 545 g/mol. The number of hydrogen-bond acceptors (Lipinski definition) is 7. The number of fused-ring (bicyclic) bond motifs is 1. The Kier molecular flexibility index (Phi) is 8.55. The van der Waals surface area contributed by atoms with Gasteiger partial charge in [-0.1, -0.05) is 45.0 Å². The van der Waals surface area contributed by atoms with Gasteiger partial charge in [0.2, 0.25) is 5.91 Å². The van der Waals surface area contributed by atoms with Crippen LogP contribution in [0.1, 0.15) is 64.5 Å². The highest BCUT2D eigenvalue weighted by molar-refractivity contribution is 7.09. The first kappa shape index (κ1) is 27.7. The number of carbonyl (C=O) groups excluding carboxylic acids is 3. The smallest absolute Gasteiger partial charge is 0.273 e. The van der Waals surface area contributed by atoms with Gasteiger partial charge < -0.3 is 16.8 Å². The zero-order chi connectivity index (χ0) is 28.1. The summed E-state index contributed by atoms with van der Waals surface area (Å²) in [6.45, 7) is 6.64. The van der Waals surface area contributed by atoms with E-state index in [1.165, 1.54) is 4.90 Å². The van der Waals surface area contributed by atoms with Crippen LogP contribution in [0.2, 0.25) is 0 Å². The third-order valence-corrected chi connectivity index (χ3v) is 7.32. The van der Waals surface area contributed by atoms with Gasteiger partial charge in [-0.15, -0.1) is 0 Å². The van der Waals surface area contributed by atoms with Crippen molar-refractivity contribution in [2.75, 3.05) is 17.2 Å². The molecule has 1 unspecified atom stereocenters. The Hall–Kier alpha value is -4.31. The summed E-state index contributed by atoms with van der Waals surface area (Å²) in [5.74, 6) is -1.34. The average Bonchev–Trinajstić information content (AvgIpc) is 3.32. The van der Waals surface area contributed by atoms with Crippen molar-refractivity contribution < 1.29 is 14.4 Å². The summed E-state index contributed by atoms with van der Waals surface area (Å²) in [5.41, 5.74) is 14.2. The Morgan fingerprint density at radius 2 is 1.82 bits per heavy atom. The fourth-order valence-electron chi connectivity index (χ4n) is 4.28. The Bertz CT molecular complexity index is 1500. The number of benzene rings is 2. The predicted molar refractivity (Wildman–Crippen MR) is 155 cm³/mol. The number of primary amides is 1. The number of rotatable bonds is 10. The number of nitrogen functional groups attached to an aromatic ring is 1. The van der Waals surface area contributed by atoms with Crippen molar-refractivity contribution in [3.8, 4) is 0 Å². The van der Waals surface area contributed by atoms with Crippen molar-refractivity contribution in [2.45, 2.75) is 39.7 Å². The lowest BCUT2D eigenvalue weighted by Gasteiger charge is -2.31. The molecule has 39 heavy (non-hydrogen) atoms. The molecular weight excluding hydrogens is 512 g/mol. The third kappa shape index (κ3) is 6.06. The Morgan fingerprint density at radius 3 is 2.46 bits per heavy atom. The van der Waals surface area contributed by atoms with Crippen molar-refractivity contribution in [1.29, 1.82) is 0 Å². The molecule has 2 aromatic carbocycles. The summed E-state index contributed by atoms with van der Waals surface area (Å²) in [7, 11) is 0. The van der Waals surface area contributed by atoms with Gasteiger partial charge in [-0.2, -0.15) is 4.37 Å². The van der Waals surface area contributed by atoms with E-state index in [9.17, 15) is 14.4 Å². The third-order valence-electron chi connectivity index (χ3n) is 6.47. The maximum absolute atomic E-state index is 14.2. The maximum Gasteiger partial charge on any atom is 0.273 e. The van der Waals surface area contributed by atoms with Gasteiger partial charge in [0, 0.05) is 23.8 Å². The molecule has 9 nitrogen and oxygen atoms in total. The molecule has 0 aliphatic carbocycles. The van der Waals surface area contributed by atoms with Crippen LogP contribution in [0.15, 0.2) is 60.8 Å². The number of amides is 3. The van der Waals surface area contributed by atoms with Gasteiger partial charge in [-0.05, 0) is 71.8 Å². The van der Waals surface area contributed by atoms with E-state index in [0.717, 1.165) is 40.8 Å². The fourth-order valence-corrected chi connectivity index (χ4v) is 5.02. The van der Waals surface area contributed by atoms with Crippen molar-refractivity contribution in [3.05, 3.63) is 82.5 Å². The summed E-state index contributed by atoms with van der Waals surface area (Å²) < 4.78 is 4.01. The lowest BCUT2D eigenvalue weighted by atomic mass is 9.99. The molecule has 0 spiro atoms. The van der Waals surface area contributed by atoms with E-state index < -0.39 is 17.9 Å². The zero-order valence-electron chi connectivity index (χ0n) is 22.2. The van der Waals surface area contributed by atoms with Crippen molar-refractivity contribution in [1.82, 2.24) is 14.7 Å². The highest BCUT2D eigenvalue weighted by Gasteiger charge is 2.36. The van der Waals surface area contributed by atoms with E-state index in [4.69, 9.17) is 11.5 Å². The fraction of sp³-hybridized carbons (Fsp3) is 0.276. The number of hydrogen-bond donors (Lipinski definition) is 3. The van der Waals surface area contributed by atoms with Crippen LogP contribution in [-0.2, 0) is 11.2 Å². The molecule has 10 heteroatoms. The second-order valence-electron chi connectivity index (χ2n) is 9.67. The molecule has 0 aliphatic rings. The first-order valence-corrected chi connectivity index (χ1v) is 13.6. The quantitative estimate of drug-likeness (QED) is 0.268. The van der Waals surface area contributed by atoms with Crippen LogP contribution in [0.5, 0.6) is 0 Å². The molecule has 0 aliphatic heterocycles. The number of aryl methyl sites for hydroxylation is 1. The molecule has 0 saturated carbocycles. The minimum atomic E-state index is -1.04. The van der Waals surface area contributed by atoms with Crippen LogP contribution < -0.4 is 21.7 Å². The van der Waals surface area contributed by atoms with Gasteiger partial charge >= 0.3 is 0 Å². The molecule has 3 amide bonds. The molecule has 0 fully saturated rings. The van der Waals surface area contributed by atoms with Gasteiger partial charge in [0.05, 0.1) is 11.2 Å². The second kappa shape index (κ2) is 12.0. The topological polar surface area (TPSA) is 144 Å². The van der Waals surface area contributed by atoms with Crippen LogP contribution in [-0.4, -0.2) is 33.6 Å². The number of pyridine rings is 1. The molecular formula is C29H32N6O3S. The highest BCUT2D eigenvalue weighted by atomic mass is 32.1. The largest absolute Gasteiger partial charge is 0.395 e. The van der Waals surface area contributed by atoms with Crippen LogP contribution in [0, 0.1) is 5.92 Å². The SMILES string of the molecule is CCc1ccc(N(C(=O)c2snc(C(N)=O)c2N)C(C(=O)NCCC(C)C)c2ccc3ncccc3c2)cc1. The number of nitrogens with two attached hydrogens (primary N) is 2. The van der Waals surface area contributed by atoms with Crippen molar-refractivity contribution >= 4 is 51.5 Å². The summed E-state index contributed by atoms with van der Waals surface area (Å²) in [6, 6.07) is 15.6. The van der Waals surface area contributed by atoms with E-state index in [1.54, 1.807) is 24.4 Å². The Balaban J connectivity index is 1.88. The lowest BCUT2D eigenvalue weighted by molar-refractivity contribution is -0.122. The summed E-state index contributed by atoms with van der Waals surface area (Å²) in [6.07, 6.45) is 3.30. The number of aromatic nitrogens is 2. The molecule has 2 heterocycles. The number of anilines is 2. The molecule has 5 N–H and O–H groups in total. The number of carbonyl (C=O) groups is 3. The Morgan fingerprint density at radius 1 is 1.08 bits per heavy atom. The molecule has 0 radical (unpaired) electrons. The first-order valence-electron chi connectivity index (χ1n) is 12.8. The van der Waals surface area contributed by atoms with E-state index >= 15 is 0 Å². The monoisotopic (exact) mass is 544 g/mol. The second-order valence-corrected chi connectivity index (χ2v) is 10.4. The van der Waals surface area contributed by atoms with Crippen LogP contribution in [0.3, 0.4) is 0 Å². The Labute approximate surface area is 231 Å². The molecule has 1 atom stereocenters. The van der Waals surface area contributed by atoms with Crippen LogP contribution in [0.4, 0.5) is 11.4 Å². The van der Waals surface area contributed by atoms with E-state index in [1.807, 2.05) is 43.3 Å². The van der Waals surface area contributed by atoms with Crippen molar-refractivity contribution in [3.63, 3.8) is 0 Å². The first-order chi connectivity index (χ1) is 18.7. The molecule has 202 valence electrons. The van der Waals surface area contributed by atoms with Gasteiger partial charge in [-0.3, -0.25) is 24.3 Å². The summed E-state index contributed by atoms with van der Waals surface area (Å²) in [4.78, 5) is 45.7. The number of nitrogens with zero attached hydrogens (tertiary/aromatic N) is 3. The minimum absolute atomic E-state index is 0.0332. The molecule has 0 saturated heterocycles. The van der Waals surface area contributed by atoms with Gasteiger partial charge in [0.25, 0.3) is 11.8 Å². The normalized spacial score (nSPS) is 11.9. The summed E-state index contributed by atoms with van der Waals surface area (Å²) in [5, 5.41) is 3.84. The van der Waals surface area contributed by atoms with Gasteiger partial charge in [0.15, 0.2) is 5.69 Å². The molecule has 4 aromatic rings. The standard InChI is InChI=1S/C29H32N6O3S/c1-4-18-7-10-21(11-8-18)35(29(38)26-23(30)24(27(31)36)34-39-26)25(28(37)33-15-13-17(2)3)20-9-12-22-19(16-20)6-5-14-32-22/h5-12,14,16-17,25H,4,13,15,30H2,1-3H3,(H2,31,36)(H,33,37). The van der Waals surface area contributed by atoms with E-state index in [0.29, 0.717) is 23.7 Å².